The Kier molecular flexibility index (Phi) is 6.55. The van der Waals surface area contributed by atoms with Crippen molar-refractivity contribution in [2.45, 2.75) is 39.3 Å². The second-order valence-electron chi connectivity index (χ2n) is 7.92. The minimum atomic E-state index is -0.319. The Labute approximate surface area is 176 Å². The molecule has 0 atom stereocenters. The molecule has 1 heterocycles. The molecular formula is C24H25ClN2O2. The highest BCUT2D eigenvalue weighted by atomic mass is 35.5. The van der Waals surface area contributed by atoms with Gasteiger partial charge < -0.3 is 10.1 Å². The lowest BCUT2D eigenvalue weighted by atomic mass is 10.1. The number of nitrogens with zero attached hydrogens (tertiary/aromatic N) is 1. The van der Waals surface area contributed by atoms with Crippen LogP contribution in [0.4, 0.5) is 0 Å². The van der Waals surface area contributed by atoms with Crippen LogP contribution < -0.4 is 10.1 Å². The van der Waals surface area contributed by atoms with Crippen molar-refractivity contribution in [2.75, 3.05) is 0 Å². The topological polar surface area (TPSA) is 51.2 Å². The molecule has 0 aliphatic heterocycles. The molecule has 0 spiro atoms. The molecule has 0 unspecified atom stereocenters. The quantitative estimate of drug-likeness (QED) is 0.591. The highest BCUT2D eigenvalue weighted by Gasteiger charge is 2.17. The number of halogens is 1. The van der Waals surface area contributed by atoms with Gasteiger partial charge in [-0.3, -0.25) is 4.79 Å². The van der Waals surface area contributed by atoms with Gasteiger partial charge in [-0.05, 0) is 56.7 Å². The molecule has 1 amide bonds. The number of amides is 1. The van der Waals surface area contributed by atoms with Crippen molar-refractivity contribution in [1.29, 1.82) is 0 Å². The molecule has 0 bridgehead atoms. The third kappa shape index (κ3) is 6.33. The minimum absolute atomic E-state index is 0.189. The van der Waals surface area contributed by atoms with Crippen LogP contribution in [-0.4, -0.2) is 16.4 Å². The number of pyridine rings is 1. The molecule has 0 saturated heterocycles. The summed E-state index contributed by atoms with van der Waals surface area (Å²) in [7, 11) is 0. The van der Waals surface area contributed by atoms with E-state index in [1.54, 1.807) is 6.07 Å². The fourth-order valence-corrected chi connectivity index (χ4v) is 3.06. The zero-order valence-corrected chi connectivity index (χ0v) is 17.7. The van der Waals surface area contributed by atoms with Gasteiger partial charge in [-0.15, -0.1) is 0 Å². The lowest BCUT2D eigenvalue weighted by Gasteiger charge is -2.20. The van der Waals surface area contributed by atoms with Gasteiger partial charge in [-0.25, -0.2) is 4.98 Å². The zero-order chi connectivity index (χ0) is 20.9. The summed E-state index contributed by atoms with van der Waals surface area (Å²) >= 11 is 6.21. The summed E-state index contributed by atoms with van der Waals surface area (Å²) in [5.41, 5.74) is 2.87. The lowest BCUT2D eigenvalue weighted by molar-refractivity contribution is 0.0914. The van der Waals surface area contributed by atoms with Gasteiger partial charge in [-0.1, -0.05) is 48.0 Å². The number of nitrogens with one attached hydrogen (secondary N) is 1. The number of ether oxygens (including phenoxy) is 1. The summed E-state index contributed by atoms with van der Waals surface area (Å²) in [6.45, 7) is 6.29. The van der Waals surface area contributed by atoms with E-state index in [9.17, 15) is 4.79 Å². The van der Waals surface area contributed by atoms with Crippen LogP contribution in [-0.2, 0) is 13.0 Å². The fourth-order valence-electron chi connectivity index (χ4n) is 2.87. The largest absolute Gasteiger partial charge is 0.489 e. The van der Waals surface area contributed by atoms with Crippen LogP contribution in [0.5, 0.6) is 5.75 Å². The van der Waals surface area contributed by atoms with E-state index in [1.165, 1.54) is 0 Å². The van der Waals surface area contributed by atoms with E-state index in [2.05, 4.69) is 10.3 Å². The van der Waals surface area contributed by atoms with Crippen LogP contribution >= 0.6 is 11.6 Å². The van der Waals surface area contributed by atoms with E-state index in [-0.39, 0.29) is 11.4 Å². The first-order valence-electron chi connectivity index (χ1n) is 9.54. The van der Waals surface area contributed by atoms with E-state index < -0.39 is 0 Å². The van der Waals surface area contributed by atoms with Crippen LogP contribution in [0.25, 0.3) is 0 Å². The Balaban J connectivity index is 1.78. The van der Waals surface area contributed by atoms with Crippen LogP contribution in [0.15, 0.2) is 66.7 Å². The number of carbonyl (C=O) groups excluding carboxylic acids is 1. The predicted octanol–water partition coefficient (Wildman–Crippen LogP) is 5.43. The fraction of sp³-hybridized carbons (Fsp3) is 0.250. The molecule has 150 valence electrons. The van der Waals surface area contributed by atoms with Crippen molar-refractivity contribution in [3.8, 4) is 5.75 Å². The Morgan fingerprint density at radius 1 is 1.03 bits per heavy atom. The molecule has 4 nitrogen and oxygen atoms in total. The Hall–Kier alpha value is -2.85. The monoisotopic (exact) mass is 408 g/mol. The summed E-state index contributed by atoms with van der Waals surface area (Å²) in [6, 6.07) is 21.0. The molecule has 0 fully saturated rings. The third-order valence-electron chi connectivity index (χ3n) is 4.16. The molecule has 1 aromatic heterocycles. The average Bonchev–Trinajstić information content (AvgIpc) is 2.67. The number of aromatic nitrogens is 1. The Morgan fingerprint density at radius 2 is 1.79 bits per heavy atom. The maximum atomic E-state index is 12.4. The van der Waals surface area contributed by atoms with E-state index in [0.717, 1.165) is 22.6 Å². The maximum Gasteiger partial charge on any atom is 0.270 e. The lowest BCUT2D eigenvalue weighted by Crippen LogP contribution is -2.41. The number of benzene rings is 2. The molecule has 0 aliphatic rings. The van der Waals surface area contributed by atoms with Gasteiger partial charge in [0.25, 0.3) is 5.91 Å². The van der Waals surface area contributed by atoms with Crippen LogP contribution in [0, 0.1) is 0 Å². The maximum absolute atomic E-state index is 12.4. The minimum Gasteiger partial charge on any atom is -0.489 e. The van der Waals surface area contributed by atoms with Gasteiger partial charge in [0.2, 0.25) is 0 Å². The second kappa shape index (κ2) is 9.10. The van der Waals surface area contributed by atoms with E-state index in [1.807, 2.05) is 81.4 Å². The number of carbonyl (C=O) groups is 1. The zero-order valence-electron chi connectivity index (χ0n) is 16.9. The third-order valence-corrected chi connectivity index (χ3v) is 4.39. The van der Waals surface area contributed by atoms with Crippen molar-refractivity contribution in [2.24, 2.45) is 0 Å². The van der Waals surface area contributed by atoms with Gasteiger partial charge >= 0.3 is 0 Å². The standard InChI is InChI=1S/C24H25ClN2O2/c1-24(2,3)27-23(28)21-11-7-10-20(26-21)15-18-14-19(25)12-13-22(18)29-16-17-8-5-4-6-9-17/h4-14H,15-16H2,1-3H3,(H,27,28). The molecular weight excluding hydrogens is 384 g/mol. The molecule has 3 aromatic rings. The van der Waals surface area contributed by atoms with Gasteiger partial charge in [0.1, 0.15) is 18.1 Å². The predicted molar refractivity (Wildman–Crippen MR) is 116 cm³/mol. The summed E-state index contributed by atoms with van der Waals surface area (Å²) in [5, 5.41) is 3.57. The van der Waals surface area contributed by atoms with Crippen molar-refractivity contribution in [3.63, 3.8) is 0 Å². The Morgan fingerprint density at radius 3 is 2.52 bits per heavy atom. The molecule has 0 radical (unpaired) electrons. The van der Waals surface area contributed by atoms with E-state index in [4.69, 9.17) is 16.3 Å². The molecule has 29 heavy (non-hydrogen) atoms. The summed E-state index contributed by atoms with van der Waals surface area (Å²) < 4.78 is 6.03. The van der Waals surface area contributed by atoms with Crippen molar-refractivity contribution >= 4 is 17.5 Å². The van der Waals surface area contributed by atoms with E-state index in [0.29, 0.717) is 23.7 Å². The summed E-state index contributed by atoms with van der Waals surface area (Å²) in [5.74, 6) is 0.565. The SMILES string of the molecule is CC(C)(C)NC(=O)c1cccc(Cc2cc(Cl)ccc2OCc2ccccc2)n1. The first kappa shape index (κ1) is 20.9. The van der Waals surface area contributed by atoms with Crippen molar-refractivity contribution in [3.05, 3.63) is 94.3 Å². The van der Waals surface area contributed by atoms with E-state index >= 15 is 0 Å². The van der Waals surface area contributed by atoms with Crippen molar-refractivity contribution < 1.29 is 9.53 Å². The number of rotatable bonds is 6. The van der Waals surface area contributed by atoms with Gasteiger partial charge in [-0.2, -0.15) is 0 Å². The number of hydrogen-bond acceptors (Lipinski definition) is 3. The Bertz CT molecular complexity index is 982. The second-order valence-corrected chi connectivity index (χ2v) is 8.36. The molecule has 5 heteroatoms. The van der Waals surface area contributed by atoms with Crippen LogP contribution in [0.3, 0.4) is 0 Å². The average molecular weight is 409 g/mol. The van der Waals surface area contributed by atoms with Crippen LogP contribution in [0.1, 0.15) is 48.1 Å². The molecule has 3 rings (SSSR count). The van der Waals surface area contributed by atoms with Crippen LogP contribution in [0.2, 0.25) is 5.02 Å². The van der Waals surface area contributed by atoms with Crippen molar-refractivity contribution in [1.82, 2.24) is 10.3 Å². The first-order valence-corrected chi connectivity index (χ1v) is 9.91. The molecule has 0 aliphatic carbocycles. The normalized spacial score (nSPS) is 11.2. The van der Waals surface area contributed by atoms with Gasteiger partial charge in [0.05, 0.1) is 0 Å². The van der Waals surface area contributed by atoms with Gasteiger partial charge in [0, 0.05) is 28.2 Å². The number of hydrogen-bond donors (Lipinski definition) is 1. The molecule has 2 aromatic carbocycles. The summed E-state index contributed by atoms with van der Waals surface area (Å²) in [6.07, 6.45) is 0.515. The smallest absolute Gasteiger partial charge is 0.270 e. The highest BCUT2D eigenvalue weighted by molar-refractivity contribution is 6.30. The molecule has 1 N–H and O–H groups in total. The highest BCUT2D eigenvalue weighted by Crippen LogP contribution is 2.26. The van der Waals surface area contributed by atoms with Gasteiger partial charge in [0.15, 0.2) is 0 Å². The summed E-state index contributed by atoms with van der Waals surface area (Å²) in [4.78, 5) is 17.0. The first-order chi connectivity index (χ1) is 13.8. The molecule has 0 saturated carbocycles.